The first-order chi connectivity index (χ1) is 58.5. The monoisotopic (exact) mass is 1960 g/mol. The molecule has 0 aromatic rings. The van der Waals surface area contributed by atoms with Gasteiger partial charge in [0.05, 0.1) is 18.3 Å². The van der Waals surface area contributed by atoms with Gasteiger partial charge in [-0.1, -0.05) is 304 Å². The van der Waals surface area contributed by atoms with E-state index in [4.69, 9.17) is 0 Å². The molecule has 130 heavy (non-hydrogen) atoms. The van der Waals surface area contributed by atoms with Crippen molar-refractivity contribution in [2.24, 2.45) is 118 Å². The summed E-state index contributed by atoms with van der Waals surface area (Å²) in [6, 6.07) is 0. The van der Waals surface area contributed by atoms with Crippen LogP contribution in [0.15, 0.2) is 0 Å². The highest BCUT2D eigenvalue weighted by Gasteiger charge is 2.47. The molecule has 0 nitrogen and oxygen atoms in total. The summed E-state index contributed by atoms with van der Waals surface area (Å²) in [6.07, 6.45) is -24.1. The summed E-state index contributed by atoms with van der Waals surface area (Å²) >= 11 is 0. The van der Waals surface area contributed by atoms with Crippen LogP contribution in [-0.4, -0.2) is 61.8 Å². The number of halogens is 30. The molecule has 0 rings (SSSR count). The van der Waals surface area contributed by atoms with Crippen LogP contribution in [0.5, 0.6) is 0 Å². The highest BCUT2D eigenvalue weighted by Crippen LogP contribution is 2.41. The van der Waals surface area contributed by atoms with Crippen molar-refractivity contribution >= 4 is 0 Å². The molecule has 0 aliphatic carbocycles. The predicted molar refractivity (Wildman–Crippen MR) is 485 cm³/mol. The number of hydrogen-bond donors (Lipinski definition) is 0. The van der Waals surface area contributed by atoms with Crippen molar-refractivity contribution in [3.8, 4) is 0 Å². The van der Waals surface area contributed by atoms with Crippen molar-refractivity contribution in [2.75, 3.05) is 0 Å². The van der Waals surface area contributed by atoms with E-state index in [1.807, 2.05) is 41.5 Å². The zero-order valence-electron chi connectivity index (χ0n) is 86.2. The maximum atomic E-state index is 12.1. The van der Waals surface area contributed by atoms with Crippen molar-refractivity contribution in [3.05, 3.63) is 0 Å². The Bertz CT molecular complexity index is 2270. The third kappa shape index (κ3) is 128. The lowest BCUT2D eigenvalue weighted by Crippen LogP contribution is -2.29. The van der Waals surface area contributed by atoms with E-state index in [0.29, 0.717) is 48.9 Å². The molecule has 0 amide bonds. The van der Waals surface area contributed by atoms with Gasteiger partial charge >= 0.3 is 61.8 Å². The average Bonchev–Trinajstić information content (AvgIpc) is 0.858. The molecule has 30 heteroatoms. The largest absolute Gasteiger partial charge is 0.392 e. The van der Waals surface area contributed by atoms with E-state index in [2.05, 4.69) is 125 Å². The molecule has 0 saturated carbocycles. The Labute approximate surface area is 773 Å². The Morgan fingerprint density at radius 2 is 0.369 bits per heavy atom. The first-order valence-corrected chi connectivity index (χ1v) is 49.2. The lowest BCUT2D eigenvalue weighted by atomic mass is 9.86. The molecule has 0 fully saturated rings. The van der Waals surface area contributed by atoms with Crippen LogP contribution in [0.1, 0.15) is 465 Å². The first-order valence-electron chi connectivity index (χ1n) is 49.2. The molecule has 0 saturated heterocycles. The van der Waals surface area contributed by atoms with Gasteiger partial charge in [-0.15, -0.1) is 0 Å². The van der Waals surface area contributed by atoms with Gasteiger partial charge in [0.25, 0.3) is 0 Å². The fourth-order valence-corrected chi connectivity index (χ4v) is 15.0. The Kier molecular flexibility index (Phi) is 92.0. The van der Waals surface area contributed by atoms with Crippen LogP contribution in [0.25, 0.3) is 0 Å². The van der Waals surface area contributed by atoms with E-state index >= 15 is 0 Å². The van der Waals surface area contributed by atoms with Gasteiger partial charge in [0.15, 0.2) is 0 Å². The molecule has 0 radical (unpaired) electrons. The van der Waals surface area contributed by atoms with Gasteiger partial charge in [0, 0.05) is 44.9 Å². The maximum Gasteiger partial charge on any atom is 0.392 e. The van der Waals surface area contributed by atoms with Crippen molar-refractivity contribution in [1.82, 2.24) is 0 Å². The van der Waals surface area contributed by atoms with Crippen LogP contribution in [0.3, 0.4) is 0 Å². The van der Waals surface area contributed by atoms with Gasteiger partial charge in [-0.05, 0) is 216 Å². The zero-order chi connectivity index (χ0) is 105. The molecule has 0 aromatic heterocycles. The van der Waals surface area contributed by atoms with Gasteiger partial charge in [-0.25, -0.2) is 0 Å². The smallest absolute Gasteiger partial charge is 0.171 e. The molecule has 800 valence electrons. The van der Waals surface area contributed by atoms with E-state index < -0.39 is 137 Å². The molecule has 0 aliphatic rings. The average molecular weight is 1960 g/mol. The second-order valence-electron chi connectivity index (χ2n) is 40.5. The summed E-state index contributed by atoms with van der Waals surface area (Å²) in [4.78, 5) is 0. The molecular weight excluding hydrogens is 1770 g/mol. The van der Waals surface area contributed by atoms with Crippen LogP contribution in [0.4, 0.5) is 132 Å². The van der Waals surface area contributed by atoms with Crippen LogP contribution in [0, 0.1) is 118 Å². The molecule has 0 spiro atoms. The normalized spacial score (nSPS) is 14.6. The maximum absolute atomic E-state index is 12.1. The minimum Gasteiger partial charge on any atom is -0.171 e. The standard InChI is InChI=1S/C12H20F6.2C12H23F3.C12H26.C11H18F6.C9H20.C8H12F6.2C8H15F3.C8H18/c1-9(2)10(5-3-7-11(13,14)15)6-4-8-12(16,17)18;2*1-4-5-7-11(10(2)3)8-6-9-12(13,14)15;1-5-7-9-12(11(3)4)10-8-6-2;1-8(2)9(5-7-11(15,16)17)4-3-6-10(12,13)14;1-5-6-9(4)7-8(2)3;1-5(2)3-6(8(12,13)14)4-7(9,10)11;1-6(2)4-7(3)5-8(9,10)11;1-4-7(5-6(2)3)8(9,10)11;1-5-8(4)6-7(2)3/h9-10H,3-8H2,1-2H3;2*10-11H,4-9H2,1-3H3;11-12H,5-10H2,1-4H3;8-9H,3-7H2,1-2H3;8-9H,5-7H2,1-4H3;5-6H,3-4H2,1-2H3;2*6-7H,4-5H2,1-3H3;7-8H,5-6H2,1-4H3. The highest BCUT2D eigenvalue weighted by atomic mass is 19.4. The lowest BCUT2D eigenvalue weighted by Gasteiger charge is -2.22. The Hall–Kier alpha value is -2.10. The van der Waals surface area contributed by atoms with Gasteiger partial charge in [-0.3, -0.25) is 0 Å². The Morgan fingerprint density at radius 1 is 0.169 bits per heavy atom. The van der Waals surface area contributed by atoms with E-state index in [9.17, 15) is 132 Å². The summed E-state index contributed by atoms with van der Waals surface area (Å²) in [5.41, 5.74) is 0. The molecular formula is C100H190F30. The minimum atomic E-state index is -4.76. The second-order valence-corrected chi connectivity index (χ2v) is 40.5. The van der Waals surface area contributed by atoms with Gasteiger partial charge in [0.2, 0.25) is 0 Å². The van der Waals surface area contributed by atoms with Crippen LogP contribution in [-0.2, 0) is 0 Å². The van der Waals surface area contributed by atoms with Crippen LogP contribution >= 0.6 is 0 Å². The fraction of sp³-hybridized carbons (Fsp3) is 1.00. The first kappa shape index (κ1) is 148. The predicted octanol–water partition coefficient (Wildman–Crippen LogP) is 44.0. The summed E-state index contributed by atoms with van der Waals surface area (Å²) in [7, 11) is 0. The number of hydrogen-bond acceptors (Lipinski definition) is 0. The molecule has 0 aromatic carbocycles. The van der Waals surface area contributed by atoms with Crippen molar-refractivity contribution < 1.29 is 132 Å². The van der Waals surface area contributed by atoms with E-state index in [1.165, 1.54) is 84.5 Å². The number of unbranched alkanes of at least 4 members (excludes halogenated alkanes) is 4. The molecule has 0 aliphatic heterocycles. The van der Waals surface area contributed by atoms with Crippen molar-refractivity contribution in [3.63, 3.8) is 0 Å². The van der Waals surface area contributed by atoms with Crippen molar-refractivity contribution in [1.29, 1.82) is 0 Å². The second kappa shape index (κ2) is 80.7. The molecule has 0 N–H and O–H groups in total. The van der Waals surface area contributed by atoms with E-state index in [1.54, 1.807) is 27.7 Å². The summed E-state index contributed by atoms with van der Waals surface area (Å²) in [5.74, 6) is 3.65. The van der Waals surface area contributed by atoms with E-state index in [-0.39, 0.29) is 93.3 Å². The van der Waals surface area contributed by atoms with Gasteiger partial charge in [0.1, 0.15) is 0 Å². The van der Waals surface area contributed by atoms with Crippen LogP contribution in [0.2, 0.25) is 0 Å². The number of alkyl halides is 30. The summed E-state index contributed by atoms with van der Waals surface area (Å²) in [5, 5.41) is 0. The summed E-state index contributed by atoms with van der Waals surface area (Å²) in [6.45, 7) is 61.2. The van der Waals surface area contributed by atoms with Gasteiger partial charge < -0.3 is 0 Å². The number of rotatable bonds is 50. The fourth-order valence-electron chi connectivity index (χ4n) is 15.0. The zero-order valence-corrected chi connectivity index (χ0v) is 86.2. The molecule has 0 heterocycles. The minimum absolute atomic E-state index is 0.00162. The lowest BCUT2D eigenvalue weighted by molar-refractivity contribution is -0.222. The third-order valence-corrected chi connectivity index (χ3v) is 22.5. The SMILES string of the molecule is CC(C)C(CCCC(F)(F)F)CCC(F)(F)F.CC(C)C(CCCC(F)(F)F)CCCC(F)(F)F.CC(C)CC(C)CC(F)(F)F.CC(C)CC(CC(F)(F)F)C(F)(F)F.CCC(C)CC(C)C.CCC(CC(C)C)C(F)(F)F.CCCC(C)CC(C)C.CCCCC(CCCC(F)(F)F)C(C)C.CCCCC(CCCC(F)(F)F)C(C)C.CCCCC(CCCC)C(C)C. The van der Waals surface area contributed by atoms with Crippen molar-refractivity contribution in [2.45, 2.75) is 526 Å². The van der Waals surface area contributed by atoms with E-state index in [0.717, 1.165) is 86.9 Å². The molecule has 8 unspecified atom stereocenters. The molecule has 0 bridgehead atoms. The van der Waals surface area contributed by atoms with Gasteiger partial charge in [-0.2, -0.15) is 132 Å². The Morgan fingerprint density at radius 3 is 0.523 bits per heavy atom. The molecule has 8 atom stereocenters. The topological polar surface area (TPSA) is 0 Å². The third-order valence-electron chi connectivity index (χ3n) is 22.5. The quantitative estimate of drug-likeness (QED) is 0.0533. The Balaban J connectivity index is -0.000000155. The summed E-state index contributed by atoms with van der Waals surface area (Å²) < 4.78 is 358. The van der Waals surface area contributed by atoms with Crippen LogP contribution < -0.4 is 0 Å². The highest BCUT2D eigenvalue weighted by molar-refractivity contribution is 4.75.